The van der Waals surface area contributed by atoms with Crippen LogP contribution in [0, 0.1) is 0 Å². The number of amides is 1. The van der Waals surface area contributed by atoms with Crippen LogP contribution in [0.3, 0.4) is 0 Å². The summed E-state index contributed by atoms with van der Waals surface area (Å²) in [5.41, 5.74) is 1.67. The highest BCUT2D eigenvalue weighted by Gasteiger charge is 2.24. The van der Waals surface area contributed by atoms with E-state index in [2.05, 4.69) is 15.6 Å². The summed E-state index contributed by atoms with van der Waals surface area (Å²) in [6.45, 7) is 1.75. The van der Waals surface area contributed by atoms with E-state index < -0.39 is 15.9 Å². The summed E-state index contributed by atoms with van der Waals surface area (Å²) in [6.07, 6.45) is -1.02. The minimum atomic E-state index is -3.56. The zero-order chi connectivity index (χ0) is 25.3. The number of amidine groups is 1. The fourth-order valence-electron chi connectivity index (χ4n) is 3.36. The van der Waals surface area contributed by atoms with Crippen LogP contribution in [-0.2, 0) is 25.9 Å². The Hall–Kier alpha value is -2.83. The second-order valence-corrected chi connectivity index (χ2v) is 10.1. The van der Waals surface area contributed by atoms with Crippen molar-refractivity contribution in [2.75, 3.05) is 45.3 Å². The number of halogens is 1. The predicted molar refractivity (Wildman–Crippen MR) is 132 cm³/mol. The van der Waals surface area contributed by atoms with E-state index in [1.807, 2.05) is 12.1 Å². The lowest BCUT2D eigenvalue weighted by Gasteiger charge is -2.14. The lowest BCUT2D eigenvalue weighted by atomic mass is 10.1. The maximum atomic E-state index is 12.3. The van der Waals surface area contributed by atoms with E-state index in [9.17, 15) is 23.1 Å². The molecule has 12 heteroatoms. The molecule has 1 aliphatic rings. The lowest BCUT2D eigenvalue weighted by molar-refractivity contribution is -0.122. The molecule has 2 aromatic carbocycles. The Balaban J connectivity index is 1.29. The minimum Gasteiger partial charge on any atom is -0.465 e. The molecule has 3 N–H and O–H groups in total. The number of carbonyl (C=O) groups is 2. The number of rotatable bonds is 13. The highest BCUT2D eigenvalue weighted by atomic mass is 35.5. The molecule has 0 saturated heterocycles. The van der Waals surface area contributed by atoms with Crippen molar-refractivity contribution < 1.29 is 27.9 Å². The molecule has 0 fully saturated rings. The first-order valence-electron chi connectivity index (χ1n) is 10.9. The maximum absolute atomic E-state index is 12.3. The molecule has 10 nitrogen and oxygen atoms in total. The summed E-state index contributed by atoms with van der Waals surface area (Å²) in [5.74, 6) is 0.0267. The Labute approximate surface area is 208 Å². The number of carboxylic acid groups (broad SMARTS) is 1. The van der Waals surface area contributed by atoms with Gasteiger partial charge in [-0.25, -0.2) is 13.2 Å². The van der Waals surface area contributed by atoms with Gasteiger partial charge in [0.25, 0.3) is 0 Å². The van der Waals surface area contributed by atoms with Crippen LogP contribution >= 0.6 is 11.6 Å². The lowest BCUT2D eigenvalue weighted by Crippen LogP contribution is -2.33. The zero-order valence-electron chi connectivity index (χ0n) is 18.9. The van der Waals surface area contributed by atoms with E-state index in [4.69, 9.17) is 16.3 Å². The number of Topliss-reactive ketones (excluding diaryl/α,β-unsaturated/α-hetero) is 1. The van der Waals surface area contributed by atoms with E-state index >= 15 is 0 Å². The van der Waals surface area contributed by atoms with Gasteiger partial charge >= 0.3 is 6.09 Å². The molecule has 188 valence electrons. The summed E-state index contributed by atoms with van der Waals surface area (Å²) in [6, 6.07) is 13.6. The smallest absolute Gasteiger partial charge is 0.413 e. The fraction of sp³-hybridized carbons (Fsp3) is 0.348. The molecule has 3 rings (SSSR count). The van der Waals surface area contributed by atoms with Crippen molar-refractivity contribution in [1.82, 2.24) is 15.5 Å². The highest BCUT2D eigenvalue weighted by molar-refractivity contribution is 7.91. The van der Waals surface area contributed by atoms with Crippen LogP contribution < -0.4 is 10.6 Å². The molecule has 0 aliphatic carbocycles. The molecule has 1 heterocycles. The summed E-state index contributed by atoms with van der Waals surface area (Å²) >= 11 is 5.94. The van der Waals surface area contributed by atoms with Crippen molar-refractivity contribution in [3.63, 3.8) is 0 Å². The SMILES string of the molecule is O=C(CNCc1ccc(C2=NCCN2C(=O)O)cc1)COCCNCS(=O)(=O)c1ccccc1Cl. The van der Waals surface area contributed by atoms with Crippen LogP contribution in [0.15, 0.2) is 58.4 Å². The molecule has 0 spiro atoms. The second kappa shape index (κ2) is 12.8. The summed E-state index contributed by atoms with van der Waals surface area (Å²) in [7, 11) is -3.56. The third-order valence-electron chi connectivity index (χ3n) is 5.09. The van der Waals surface area contributed by atoms with Crippen LogP contribution in [0.5, 0.6) is 0 Å². The molecular formula is C23H27ClN4O6S. The molecule has 2 aromatic rings. The average molecular weight is 523 g/mol. The number of benzene rings is 2. The number of carbonyl (C=O) groups excluding carboxylic acids is 1. The predicted octanol–water partition coefficient (Wildman–Crippen LogP) is 1.78. The Morgan fingerprint density at radius 3 is 2.57 bits per heavy atom. The van der Waals surface area contributed by atoms with E-state index in [0.717, 1.165) is 11.1 Å². The number of hydrogen-bond donors (Lipinski definition) is 3. The molecule has 1 aliphatic heterocycles. The quantitative estimate of drug-likeness (QED) is 0.338. The molecule has 0 bridgehead atoms. The summed E-state index contributed by atoms with van der Waals surface area (Å²) in [5, 5.41) is 15.2. The van der Waals surface area contributed by atoms with Crippen molar-refractivity contribution in [3.05, 3.63) is 64.7 Å². The number of aliphatic imine (C=N–C) groups is 1. The Morgan fingerprint density at radius 2 is 1.86 bits per heavy atom. The number of ketones is 1. The first-order chi connectivity index (χ1) is 16.8. The van der Waals surface area contributed by atoms with Gasteiger partial charge in [0.1, 0.15) is 18.3 Å². The molecule has 35 heavy (non-hydrogen) atoms. The van der Waals surface area contributed by atoms with Gasteiger partial charge in [-0.3, -0.25) is 14.7 Å². The van der Waals surface area contributed by atoms with E-state index in [1.54, 1.807) is 24.3 Å². The van der Waals surface area contributed by atoms with Crippen LogP contribution in [0.2, 0.25) is 5.02 Å². The zero-order valence-corrected chi connectivity index (χ0v) is 20.5. The van der Waals surface area contributed by atoms with Gasteiger partial charge in [0.2, 0.25) is 0 Å². The van der Waals surface area contributed by atoms with Crippen LogP contribution in [0.4, 0.5) is 4.79 Å². The van der Waals surface area contributed by atoms with Gasteiger partial charge < -0.3 is 20.5 Å². The van der Waals surface area contributed by atoms with Gasteiger partial charge in [-0.1, -0.05) is 48.0 Å². The highest BCUT2D eigenvalue weighted by Crippen LogP contribution is 2.21. The molecule has 1 amide bonds. The molecule has 0 aromatic heterocycles. The van der Waals surface area contributed by atoms with Gasteiger partial charge in [-0.05, 0) is 17.7 Å². The molecule has 0 saturated carbocycles. The fourth-order valence-corrected chi connectivity index (χ4v) is 5.07. The molecule has 0 unspecified atom stereocenters. The Bertz CT molecular complexity index is 1170. The summed E-state index contributed by atoms with van der Waals surface area (Å²) in [4.78, 5) is 28.8. The van der Waals surface area contributed by atoms with Crippen molar-refractivity contribution in [2.24, 2.45) is 4.99 Å². The molecule has 0 radical (unpaired) electrons. The Morgan fingerprint density at radius 1 is 1.11 bits per heavy atom. The number of ether oxygens (including phenoxy) is 1. The standard InChI is InChI=1S/C23H27ClN4O6S/c24-20-3-1-2-4-21(20)35(32,33)16-25-10-12-34-15-19(29)14-26-13-17-5-7-18(8-6-17)22-27-9-11-28(22)23(30)31/h1-8,25-26H,9-16H2,(H,30,31). The van der Waals surface area contributed by atoms with Gasteiger partial charge in [-0.2, -0.15) is 0 Å². The molecule has 0 atom stereocenters. The Kier molecular flexibility index (Phi) is 9.75. The van der Waals surface area contributed by atoms with Crippen molar-refractivity contribution >= 4 is 39.2 Å². The minimum absolute atomic E-state index is 0.0699. The largest absolute Gasteiger partial charge is 0.465 e. The van der Waals surface area contributed by atoms with Gasteiger partial charge in [-0.15, -0.1) is 0 Å². The van der Waals surface area contributed by atoms with E-state index in [-0.39, 0.29) is 47.9 Å². The first kappa shape index (κ1) is 26.8. The number of sulfone groups is 1. The van der Waals surface area contributed by atoms with Crippen molar-refractivity contribution in [3.8, 4) is 0 Å². The first-order valence-corrected chi connectivity index (χ1v) is 12.9. The van der Waals surface area contributed by atoms with Gasteiger partial charge in [0.15, 0.2) is 15.6 Å². The third-order valence-corrected chi connectivity index (χ3v) is 7.14. The monoisotopic (exact) mass is 522 g/mol. The van der Waals surface area contributed by atoms with E-state index in [0.29, 0.717) is 25.5 Å². The second-order valence-electron chi connectivity index (χ2n) is 7.72. The summed E-state index contributed by atoms with van der Waals surface area (Å²) < 4.78 is 29.9. The van der Waals surface area contributed by atoms with Crippen LogP contribution in [-0.4, -0.2) is 81.4 Å². The maximum Gasteiger partial charge on any atom is 0.413 e. The van der Waals surface area contributed by atoms with Crippen LogP contribution in [0.25, 0.3) is 0 Å². The van der Waals surface area contributed by atoms with Gasteiger partial charge in [0.05, 0.1) is 36.2 Å². The average Bonchev–Trinajstić information content (AvgIpc) is 3.32. The van der Waals surface area contributed by atoms with E-state index in [1.165, 1.54) is 17.0 Å². The van der Waals surface area contributed by atoms with Crippen molar-refractivity contribution in [1.29, 1.82) is 0 Å². The number of nitrogens with one attached hydrogen (secondary N) is 2. The number of hydrogen-bond acceptors (Lipinski definition) is 8. The van der Waals surface area contributed by atoms with Crippen molar-refractivity contribution in [2.45, 2.75) is 11.4 Å². The topological polar surface area (TPSA) is 137 Å². The number of nitrogens with zero attached hydrogens (tertiary/aromatic N) is 2. The molecular weight excluding hydrogens is 496 g/mol. The van der Waals surface area contributed by atoms with Crippen LogP contribution in [0.1, 0.15) is 11.1 Å². The third kappa shape index (κ3) is 7.84. The van der Waals surface area contributed by atoms with Gasteiger partial charge in [0, 0.05) is 18.7 Å². The normalized spacial score (nSPS) is 13.6.